The van der Waals surface area contributed by atoms with Crippen LogP contribution in [0.1, 0.15) is 18.4 Å². The number of nitrogens with one attached hydrogen (secondary N) is 1. The number of nitrogens with zero attached hydrogens (tertiary/aromatic N) is 2. The van der Waals surface area contributed by atoms with Gasteiger partial charge in [0, 0.05) is 30.5 Å². The van der Waals surface area contributed by atoms with Crippen LogP contribution >= 0.6 is 0 Å². The molecule has 0 spiro atoms. The van der Waals surface area contributed by atoms with Crippen LogP contribution in [-0.2, 0) is 0 Å². The molecule has 182 valence electrons. The number of hydrogen-bond acceptors (Lipinski definition) is 6. The molecule has 2 aliphatic heterocycles. The number of aliphatic hydroxyl groups is 1. The third-order valence-electron chi connectivity index (χ3n) is 6.00. The molecule has 0 amide bonds. The number of rotatable bonds is 2. The summed E-state index contributed by atoms with van der Waals surface area (Å²) < 4.78 is 20.3. The first-order chi connectivity index (χ1) is 16.5. The summed E-state index contributed by atoms with van der Waals surface area (Å²) in [4.78, 5) is 6.65. The fraction of sp³-hybridized carbons (Fsp3) is 0.370. The van der Waals surface area contributed by atoms with Crippen molar-refractivity contribution in [1.29, 1.82) is 0 Å². The zero-order valence-corrected chi connectivity index (χ0v) is 20.2. The van der Waals surface area contributed by atoms with Crippen LogP contribution in [0.4, 0.5) is 10.2 Å². The van der Waals surface area contributed by atoms with E-state index in [-0.39, 0.29) is 5.82 Å². The second-order valence-corrected chi connectivity index (χ2v) is 8.50. The number of likely N-dealkylation sites (tertiary alicyclic amines) is 1. The standard InChI is InChI=1S/C20H17FN2O.C6H14N2.CH4O/c1-13-4-2-3-5-16(13)14-6-7-17(18(21)10-14)15-11-19-20(23-12-15)22-8-9-24-19;1-8-4-2-6(7)3-5-8;1-2/h2-7,10-12H,8-9H2,1H3,(H,22,23);6H,2-5,7H2,1H3;2H,1H3. The van der Waals surface area contributed by atoms with Crippen molar-refractivity contribution in [3.05, 3.63) is 66.1 Å². The van der Waals surface area contributed by atoms with Crippen molar-refractivity contribution in [2.24, 2.45) is 5.73 Å². The highest BCUT2D eigenvalue weighted by Gasteiger charge is 2.15. The third-order valence-corrected chi connectivity index (χ3v) is 6.00. The lowest BCUT2D eigenvalue weighted by atomic mass is 9.97. The van der Waals surface area contributed by atoms with Crippen molar-refractivity contribution in [1.82, 2.24) is 9.88 Å². The quantitative estimate of drug-likeness (QED) is 0.522. The number of piperidine rings is 1. The molecule has 0 aliphatic carbocycles. The first-order valence-electron chi connectivity index (χ1n) is 11.6. The summed E-state index contributed by atoms with van der Waals surface area (Å²) >= 11 is 0. The predicted octanol–water partition coefficient (Wildman–Crippen LogP) is 4.32. The Kier molecular flexibility index (Phi) is 9.39. The first kappa shape index (κ1) is 25.6. The van der Waals surface area contributed by atoms with E-state index in [0.717, 1.165) is 30.3 Å². The molecule has 1 saturated heterocycles. The van der Waals surface area contributed by atoms with E-state index in [9.17, 15) is 4.39 Å². The topological polar surface area (TPSA) is 83.6 Å². The molecule has 5 rings (SSSR count). The van der Waals surface area contributed by atoms with Crippen LogP contribution in [0.5, 0.6) is 5.75 Å². The average Bonchev–Trinajstić information content (AvgIpc) is 2.87. The number of aryl methyl sites for hydroxylation is 1. The van der Waals surface area contributed by atoms with E-state index in [0.29, 0.717) is 35.3 Å². The Bertz CT molecular complexity index is 1060. The normalized spacial score (nSPS) is 15.5. The Morgan fingerprint density at radius 3 is 2.47 bits per heavy atom. The fourth-order valence-electron chi connectivity index (χ4n) is 4.01. The second kappa shape index (κ2) is 12.5. The van der Waals surface area contributed by atoms with Gasteiger partial charge >= 0.3 is 0 Å². The number of halogens is 1. The van der Waals surface area contributed by atoms with Crippen LogP contribution in [0.2, 0.25) is 0 Å². The highest BCUT2D eigenvalue weighted by molar-refractivity contribution is 5.74. The molecule has 34 heavy (non-hydrogen) atoms. The summed E-state index contributed by atoms with van der Waals surface area (Å²) in [5, 5.41) is 10.2. The SMILES string of the molecule is CN1CCC(N)CC1.CO.Cc1ccccc1-c1ccc(-c2cnc3c(c2)OCCN3)c(F)c1. The summed E-state index contributed by atoms with van der Waals surface area (Å²) in [5.74, 6) is 1.12. The van der Waals surface area contributed by atoms with E-state index in [1.165, 1.54) is 25.9 Å². The number of hydrogen-bond donors (Lipinski definition) is 3. The van der Waals surface area contributed by atoms with E-state index in [1.54, 1.807) is 18.3 Å². The van der Waals surface area contributed by atoms with Crippen LogP contribution in [0.15, 0.2) is 54.7 Å². The van der Waals surface area contributed by atoms with Crippen LogP contribution in [-0.4, -0.2) is 61.4 Å². The fourth-order valence-corrected chi connectivity index (χ4v) is 4.01. The van der Waals surface area contributed by atoms with Crippen molar-refractivity contribution in [3.63, 3.8) is 0 Å². The molecular formula is C27H35FN4O2. The second-order valence-electron chi connectivity index (χ2n) is 8.50. The number of pyridine rings is 1. The smallest absolute Gasteiger partial charge is 0.168 e. The molecule has 3 heterocycles. The van der Waals surface area contributed by atoms with E-state index < -0.39 is 0 Å². The van der Waals surface area contributed by atoms with Crippen LogP contribution in [0, 0.1) is 12.7 Å². The molecule has 2 aromatic carbocycles. The zero-order valence-electron chi connectivity index (χ0n) is 20.2. The minimum absolute atomic E-state index is 0.263. The van der Waals surface area contributed by atoms with Gasteiger partial charge in [-0.1, -0.05) is 36.4 Å². The molecule has 1 aromatic heterocycles. The van der Waals surface area contributed by atoms with E-state index in [1.807, 2.05) is 43.3 Å². The highest BCUT2D eigenvalue weighted by Crippen LogP contribution is 2.33. The van der Waals surface area contributed by atoms with Gasteiger partial charge in [-0.2, -0.15) is 0 Å². The van der Waals surface area contributed by atoms with Gasteiger partial charge in [0.2, 0.25) is 0 Å². The maximum atomic E-state index is 14.7. The maximum absolute atomic E-state index is 14.7. The van der Waals surface area contributed by atoms with Gasteiger partial charge in [-0.3, -0.25) is 0 Å². The summed E-state index contributed by atoms with van der Waals surface area (Å²) in [6.45, 7) is 5.72. The zero-order chi connectivity index (χ0) is 24.5. The maximum Gasteiger partial charge on any atom is 0.168 e. The van der Waals surface area contributed by atoms with Gasteiger partial charge in [0.1, 0.15) is 12.4 Å². The molecule has 2 aliphatic rings. The third kappa shape index (κ3) is 6.53. The van der Waals surface area contributed by atoms with Crippen molar-refractivity contribution < 1.29 is 14.2 Å². The number of aromatic nitrogens is 1. The number of fused-ring (bicyclic) bond motifs is 1. The van der Waals surface area contributed by atoms with Crippen molar-refractivity contribution in [3.8, 4) is 28.0 Å². The summed E-state index contributed by atoms with van der Waals surface area (Å²) in [5.41, 5.74) is 9.95. The number of aliphatic hydroxyl groups excluding tert-OH is 1. The summed E-state index contributed by atoms with van der Waals surface area (Å²) in [7, 11) is 3.14. The average molecular weight is 467 g/mol. The lowest BCUT2D eigenvalue weighted by Gasteiger charge is -2.25. The lowest BCUT2D eigenvalue weighted by Crippen LogP contribution is -2.37. The van der Waals surface area contributed by atoms with Gasteiger partial charge in [0.05, 0.1) is 6.54 Å². The summed E-state index contributed by atoms with van der Waals surface area (Å²) in [6, 6.07) is 15.6. The number of nitrogens with two attached hydrogens (primary N) is 1. The monoisotopic (exact) mass is 466 g/mol. The van der Waals surface area contributed by atoms with E-state index in [4.69, 9.17) is 15.6 Å². The Hall–Kier alpha value is -3.00. The molecule has 0 atom stereocenters. The summed E-state index contributed by atoms with van der Waals surface area (Å²) in [6.07, 6.45) is 4.03. The van der Waals surface area contributed by atoms with Crippen LogP contribution in [0.25, 0.3) is 22.3 Å². The molecule has 3 aromatic rings. The molecule has 7 heteroatoms. The lowest BCUT2D eigenvalue weighted by molar-refractivity contribution is 0.256. The Morgan fingerprint density at radius 2 is 1.79 bits per heavy atom. The van der Waals surface area contributed by atoms with Gasteiger partial charge in [-0.15, -0.1) is 0 Å². The Labute approximate surface area is 201 Å². The van der Waals surface area contributed by atoms with Crippen molar-refractivity contribution in [2.75, 3.05) is 45.7 Å². The minimum atomic E-state index is -0.263. The Morgan fingerprint density at radius 1 is 1.06 bits per heavy atom. The first-order valence-corrected chi connectivity index (χ1v) is 11.6. The minimum Gasteiger partial charge on any atom is -0.488 e. The van der Waals surface area contributed by atoms with Gasteiger partial charge in [-0.05, 0) is 68.7 Å². The molecular weight excluding hydrogens is 431 g/mol. The molecule has 0 radical (unpaired) electrons. The van der Waals surface area contributed by atoms with Crippen molar-refractivity contribution in [2.45, 2.75) is 25.8 Å². The predicted molar refractivity (Wildman–Crippen MR) is 137 cm³/mol. The van der Waals surface area contributed by atoms with Gasteiger partial charge in [0.15, 0.2) is 11.6 Å². The van der Waals surface area contributed by atoms with Gasteiger partial charge < -0.3 is 25.8 Å². The van der Waals surface area contributed by atoms with E-state index >= 15 is 0 Å². The van der Waals surface area contributed by atoms with Crippen LogP contribution in [0.3, 0.4) is 0 Å². The van der Waals surface area contributed by atoms with E-state index in [2.05, 4.69) is 22.2 Å². The Balaban J connectivity index is 0.000000274. The molecule has 6 nitrogen and oxygen atoms in total. The molecule has 1 fully saturated rings. The highest BCUT2D eigenvalue weighted by atomic mass is 19.1. The number of anilines is 1. The number of ether oxygens (including phenoxy) is 1. The largest absolute Gasteiger partial charge is 0.488 e. The molecule has 0 saturated carbocycles. The molecule has 0 unspecified atom stereocenters. The van der Waals surface area contributed by atoms with Gasteiger partial charge in [0.25, 0.3) is 0 Å². The van der Waals surface area contributed by atoms with Gasteiger partial charge in [-0.25, -0.2) is 9.37 Å². The molecule has 4 N–H and O–H groups in total. The molecule has 0 bridgehead atoms. The van der Waals surface area contributed by atoms with Crippen LogP contribution < -0.4 is 15.8 Å². The number of benzene rings is 2. The van der Waals surface area contributed by atoms with Crippen molar-refractivity contribution >= 4 is 5.82 Å².